The molecule has 0 aromatic heterocycles. The smallest absolute Gasteiger partial charge is 0.326 e. The van der Waals surface area contributed by atoms with Crippen molar-refractivity contribution >= 4 is 17.9 Å². The third-order valence-electron chi connectivity index (χ3n) is 6.30. The van der Waals surface area contributed by atoms with Gasteiger partial charge in [-0.05, 0) is 62.2 Å². The van der Waals surface area contributed by atoms with E-state index in [0.717, 1.165) is 37.0 Å². The Bertz CT molecular complexity index is 540. The summed E-state index contributed by atoms with van der Waals surface area (Å²) in [6, 6.07) is -1.11. The van der Waals surface area contributed by atoms with Crippen molar-refractivity contribution in [3.05, 3.63) is 0 Å². The molecule has 4 aliphatic rings. The molecule has 0 spiro atoms. The fourth-order valence-corrected chi connectivity index (χ4v) is 5.60. The van der Waals surface area contributed by atoms with Crippen LogP contribution >= 0.6 is 0 Å². The van der Waals surface area contributed by atoms with Gasteiger partial charge >= 0.3 is 12.0 Å². The lowest BCUT2D eigenvalue weighted by Crippen LogP contribution is -2.61. The first-order valence-corrected chi connectivity index (χ1v) is 9.84. The van der Waals surface area contributed by atoms with Gasteiger partial charge < -0.3 is 21.1 Å². The predicted octanol–water partition coefficient (Wildman–Crippen LogP) is 1.87. The molecule has 4 N–H and O–H groups in total. The van der Waals surface area contributed by atoms with Crippen LogP contribution in [0.5, 0.6) is 0 Å². The number of carbonyl (C=O) groups excluding carboxylic acids is 2. The molecule has 4 bridgehead atoms. The minimum Gasteiger partial charge on any atom is -0.480 e. The molecular weight excluding hydrogens is 334 g/mol. The molecule has 0 aromatic carbocycles. The van der Waals surface area contributed by atoms with Gasteiger partial charge in [0, 0.05) is 18.5 Å². The SMILES string of the molecule is CC(C)C(NC(=O)CCNC(=O)NC12CC3CC(CC(C3)C1)C2)C(=O)O. The van der Waals surface area contributed by atoms with E-state index in [4.69, 9.17) is 5.11 Å². The summed E-state index contributed by atoms with van der Waals surface area (Å²) in [4.78, 5) is 35.3. The minimum atomic E-state index is -1.04. The van der Waals surface area contributed by atoms with Crippen LogP contribution in [0.3, 0.4) is 0 Å². The molecule has 146 valence electrons. The molecule has 1 atom stereocenters. The van der Waals surface area contributed by atoms with Crippen LogP contribution < -0.4 is 16.0 Å². The van der Waals surface area contributed by atoms with E-state index in [1.807, 2.05) is 0 Å². The number of carbonyl (C=O) groups is 3. The fraction of sp³-hybridized carbons (Fsp3) is 0.842. The first kappa shape index (κ1) is 19.0. The Hall–Kier alpha value is -1.79. The van der Waals surface area contributed by atoms with Gasteiger partial charge in [-0.1, -0.05) is 13.8 Å². The van der Waals surface area contributed by atoms with Crippen molar-refractivity contribution < 1.29 is 19.5 Å². The first-order chi connectivity index (χ1) is 12.3. The molecule has 0 aliphatic heterocycles. The molecule has 4 saturated carbocycles. The molecule has 1 unspecified atom stereocenters. The van der Waals surface area contributed by atoms with E-state index >= 15 is 0 Å². The second-order valence-corrected chi connectivity index (χ2v) is 8.96. The van der Waals surface area contributed by atoms with Gasteiger partial charge in [0.05, 0.1) is 0 Å². The number of amides is 3. The second kappa shape index (κ2) is 7.45. The summed E-state index contributed by atoms with van der Waals surface area (Å²) in [5, 5.41) is 17.6. The van der Waals surface area contributed by atoms with Gasteiger partial charge in [-0.25, -0.2) is 9.59 Å². The Balaban J connectivity index is 1.41. The van der Waals surface area contributed by atoms with Gasteiger partial charge in [0.1, 0.15) is 6.04 Å². The topological polar surface area (TPSA) is 108 Å². The maximum absolute atomic E-state index is 12.3. The average Bonchev–Trinajstić information content (AvgIpc) is 2.50. The van der Waals surface area contributed by atoms with Gasteiger partial charge in [-0.3, -0.25) is 4.79 Å². The second-order valence-electron chi connectivity index (χ2n) is 8.96. The van der Waals surface area contributed by atoms with Crippen LogP contribution in [-0.2, 0) is 9.59 Å². The van der Waals surface area contributed by atoms with Crippen LogP contribution in [0.2, 0.25) is 0 Å². The minimum absolute atomic E-state index is 0.0485. The summed E-state index contributed by atoms with van der Waals surface area (Å²) in [7, 11) is 0. The van der Waals surface area contributed by atoms with Crippen LogP contribution in [0.1, 0.15) is 58.8 Å². The maximum Gasteiger partial charge on any atom is 0.326 e. The summed E-state index contributed by atoms with van der Waals surface area (Å²) >= 11 is 0. The lowest BCUT2D eigenvalue weighted by molar-refractivity contribution is -0.143. The lowest BCUT2D eigenvalue weighted by Gasteiger charge is -2.56. The van der Waals surface area contributed by atoms with Crippen molar-refractivity contribution in [1.29, 1.82) is 0 Å². The van der Waals surface area contributed by atoms with Gasteiger partial charge in [0.2, 0.25) is 5.91 Å². The van der Waals surface area contributed by atoms with Crippen molar-refractivity contribution in [1.82, 2.24) is 16.0 Å². The lowest BCUT2D eigenvalue weighted by atomic mass is 9.53. The summed E-state index contributed by atoms with van der Waals surface area (Å²) < 4.78 is 0. The van der Waals surface area contributed by atoms with Crippen LogP contribution in [0.4, 0.5) is 4.79 Å². The molecule has 4 fully saturated rings. The van der Waals surface area contributed by atoms with E-state index in [1.54, 1.807) is 13.8 Å². The first-order valence-electron chi connectivity index (χ1n) is 9.84. The summed E-state index contributed by atoms with van der Waals surface area (Å²) in [5.41, 5.74) is -0.0485. The molecule has 0 saturated heterocycles. The number of aliphatic carboxylic acids is 1. The zero-order chi connectivity index (χ0) is 18.9. The number of rotatable bonds is 7. The zero-order valence-electron chi connectivity index (χ0n) is 15.7. The normalized spacial score (nSPS) is 33.0. The summed E-state index contributed by atoms with van der Waals surface area (Å²) in [6.45, 7) is 3.70. The predicted molar refractivity (Wildman–Crippen MR) is 96.5 cm³/mol. The van der Waals surface area contributed by atoms with Gasteiger partial charge in [0.25, 0.3) is 0 Å². The average molecular weight is 365 g/mol. The third-order valence-corrected chi connectivity index (χ3v) is 6.30. The molecule has 0 radical (unpaired) electrons. The van der Waals surface area contributed by atoms with Gasteiger partial charge in [-0.15, -0.1) is 0 Å². The summed E-state index contributed by atoms with van der Waals surface area (Å²) in [5.74, 6) is 0.690. The summed E-state index contributed by atoms with van der Waals surface area (Å²) in [6.07, 6.45) is 7.30. The molecule has 4 rings (SSSR count). The molecule has 7 nitrogen and oxygen atoms in total. The fourth-order valence-electron chi connectivity index (χ4n) is 5.60. The quantitative estimate of drug-likeness (QED) is 0.552. The van der Waals surface area contributed by atoms with Crippen molar-refractivity contribution in [2.24, 2.45) is 23.7 Å². The van der Waals surface area contributed by atoms with E-state index in [0.29, 0.717) is 0 Å². The number of urea groups is 1. The third kappa shape index (κ3) is 4.30. The van der Waals surface area contributed by atoms with Crippen LogP contribution in [-0.4, -0.2) is 41.1 Å². The van der Waals surface area contributed by atoms with E-state index in [9.17, 15) is 14.4 Å². The monoisotopic (exact) mass is 365 g/mol. The van der Waals surface area contributed by atoms with Crippen molar-refractivity contribution in [3.8, 4) is 0 Å². The van der Waals surface area contributed by atoms with E-state index in [2.05, 4.69) is 16.0 Å². The van der Waals surface area contributed by atoms with Crippen molar-refractivity contribution in [2.45, 2.75) is 70.4 Å². The highest BCUT2D eigenvalue weighted by atomic mass is 16.4. The molecule has 26 heavy (non-hydrogen) atoms. The highest BCUT2D eigenvalue weighted by Crippen LogP contribution is 2.55. The van der Waals surface area contributed by atoms with Crippen molar-refractivity contribution in [3.63, 3.8) is 0 Å². The number of hydrogen-bond acceptors (Lipinski definition) is 3. The molecule has 0 heterocycles. The number of carboxylic acid groups (broad SMARTS) is 1. The largest absolute Gasteiger partial charge is 0.480 e. The van der Waals surface area contributed by atoms with E-state index in [-0.39, 0.29) is 36.4 Å². The van der Waals surface area contributed by atoms with E-state index < -0.39 is 12.0 Å². The molecule has 7 heteroatoms. The van der Waals surface area contributed by atoms with Crippen molar-refractivity contribution in [2.75, 3.05) is 6.54 Å². The molecule has 0 aromatic rings. The number of hydrogen-bond donors (Lipinski definition) is 4. The Morgan fingerprint density at radius 2 is 1.58 bits per heavy atom. The Kier molecular flexibility index (Phi) is 5.44. The standard InChI is InChI=1S/C19H31N3O4/c1-11(2)16(17(24)25)21-15(23)3-4-20-18(26)22-19-8-12-5-13(9-19)7-14(6-12)10-19/h11-14,16H,3-10H2,1-2H3,(H,21,23)(H,24,25)(H2,20,22,26). The molecule has 4 aliphatic carbocycles. The highest BCUT2D eigenvalue weighted by Gasteiger charge is 2.51. The number of nitrogens with one attached hydrogen (secondary N) is 3. The van der Waals surface area contributed by atoms with Crippen LogP contribution in [0, 0.1) is 23.7 Å². The van der Waals surface area contributed by atoms with Crippen LogP contribution in [0.15, 0.2) is 0 Å². The van der Waals surface area contributed by atoms with Gasteiger partial charge in [-0.2, -0.15) is 0 Å². The molecule has 3 amide bonds. The Morgan fingerprint density at radius 3 is 2.04 bits per heavy atom. The molecular formula is C19H31N3O4. The van der Waals surface area contributed by atoms with E-state index in [1.165, 1.54) is 19.3 Å². The van der Waals surface area contributed by atoms with Gasteiger partial charge in [0.15, 0.2) is 0 Å². The zero-order valence-corrected chi connectivity index (χ0v) is 15.7. The van der Waals surface area contributed by atoms with Crippen LogP contribution in [0.25, 0.3) is 0 Å². The maximum atomic E-state index is 12.3. The Labute approximate surface area is 154 Å². The highest BCUT2D eigenvalue weighted by molar-refractivity contribution is 5.84. The Morgan fingerprint density at radius 1 is 1.04 bits per heavy atom. The number of carboxylic acids is 1.